The van der Waals surface area contributed by atoms with E-state index in [-0.39, 0.29) is 11.8 Å². The molecule has 0 spiro atoms. The number of rotatable bonds is 11. The minimum atomic E-state index is 0.168. The number of nitrogens with zero attached hydrogens (tertiary/aromatic N) is 3. The smallest absolute Gasteiger partial charge is 0.226 e. The number of amides is 2. The van der Waals surface area contributed by atoms with Crippen LogP contribution < -0.4 is 4.74 Å². The summed E-state index contributed by atoms with van der Waals surface area (Å²) in [6.45, 7) is 7.70. The van der Waals surface area contributed by atoms with Gasteiger partial charge in [-0.3, -0.25) is 14.5 Å². The van der Waals surface area contributed by atoms with Gasteiger partial charge >= 0.3 is 0 Å². The van der Waals surface area contributed by atoms with Crippen molar-refractivity contribution in [1.82, 2.24) is 14.7 Å². The molecule has 0 radical (unpaired) electrons. The molecule has 0 aromatic heterocycles. The molecule has 2 fully saturated rings. The van der Waals surface area contributed by atoms with Crippen molar-refractivity contribution in [3.05, 3.63) is 35.9 Å². The zero-order valence-electron chi connectivity index (χ0n) is 21.2. The second-order valence-electron chi connectivity index (χ2n) is 9.59. The summed E-state index contributed by atoms with van der Waals surface area (Å²) in [4.78, 5) is 32.1. The number of unbranched alkanes of at least 4 members (excludes halogenated alkanes) is 1. The van der Waals surface area contributed by atoms with Crippen LogP contribution in [0.2, 0.25) is 0 Å². The molecule has 6 nitrogen and oxygen atoms in total. The molecule has 1 aliphatic heterocycles. The summed E-state index contributed by atoms with van der Waals surface area (Å²) in [6.07, 6.45) is 12.4. The Bertz CT molecular complexity index is 796. The Morgan fingerprint density at radius 3 is 2.53 bits per heavy atom. The van der Waals surface area contributed by atoms with Crippen LogP contribution in [0.1, 0.15) is 63.9 Å². The molecule has 1 saturated carbocycles. The van der Waals surface area contributed by atoms with E-state index >= 15 is 0 Å². The fraction of sp³-hybridized carbons (Fsp3) is 0.643. The standard InChI is InChI=1S/C28H43N3O3/c1-3-4-16-27(32)30-21-18-29(19-22-30)20-23-31(28(33)25-12-6-5-7-13-25)17-10-14-24-11-8-9-15-26(24)34-2/h8-11,14-15,25H,3-7,12-13,16-23H2,1-2H3/b14-10+. The van der Waals surface area contributed by atoms with E-state index in [1.54, 1.807) is 7.11 Å². The summed E-state index contributed by atoms with van der Waals surface area (Å²) in [5, 5.41) is 0. The average Bonchev–Trinajstić information content (AvgIpc) is 2.89. The van der Waals surface area contributed by atoms with E-state index in [0.717, 1.165) is 89.1 Å². The van der Waals surface area contributed by atoms with Crippen LogP contribution in [0.15, 0.2) is 30.3 Å². The normalized spacial score (nSPS) is 17.8. The summed E-state index contributed by atoms with van der Waals surface area (Å²) >= 11 is 0. The molecule has 6 heteroatoms. The molecule has 0 bridgehead atoms. The van der Waals surface area contributed by atoms with E-state index in [1.165, 1.54) is 6.42 Å². The van der Waals surface area contributed by atoms with Crippen molar-refractivity contribution < 1.29 is 14.3 Å². The van der Waals surface area contributed by atoms with Crippen LogP contribution in [0.5, 0.6) is 5.75 Å². The average molecular weight is 470 g/mol. The molecule has 1 aromatic carbocycles. The summed E-state index contributed by atoms with van der Waals surface area (Å²) in [7, 11) is 1.68. The second-order valence-corrected chi connectivity index (χ2v) is 9.59. The van der Waals surface area contributed by atoms with Crippen molar-refractivity contribution in [2.45, 2.75) is 58.3 Å². The summed E-state index contributed by atoms with van der Waals surface area (Å²) < 4.78 is 5.45. The van der Waals surface area contributed by atoms with E-state index in [2.05, 4.69) is 24.0 Å². The van der Waals surface area contributed by atoms with Gasteiger partial charge in [0.25, 0.3) is 0 Å². The largest absolute Gasteiger partial charge is 0.496 e. The van der Waals surface area contributed by atoms with Crippen LogP contribution in [-0.4, -0.2) is 79.4 Å². The molecule has 3 rings (SSSR count). The van der Waals surface area contributed by atoms with Crippen LogP contribution in [0.3, 0.4) is 0 Å². The maximum Gasteiger partial charge on any atom is 0.226 e. The fourth-order valence-corrected chi connectivity index (χ4v) is 4.98. The SMILES string of the molecule is CCCCC(=O)N1CCN(CCN(C/C=C/c2ccccc2OC)C(=O)C2CCCCC2)CC1. The summed E-state index contributed by atoms with van der Waals surface area (Å²) in [6, 6.07) is 7.95. The molecule has 0 N–H and O–H groups in total. The number of methoxy groups -OCH3 is 1. The van der Waals surface area contributed by atoms with Gasteiger partial charge in [0.2, 0.25) is 11.8 Å². The van der Waals surface area contributed by atoms with Gasteiger partial charge in [-0.2, -0.15) is 0 Å². The molecule has 2 amide bonds. The van der Waals surface area contributed by atoms with Crippen molar-refractivity contribution in [1.29, 1.82) is 0 Å². The second kappa shape index (κ2) is 14.1. The van der Waals surface area contributed by atoms with E-state index < -0.39 is 0 Å². The number of benzene rings is 1. The summed E-state index contributed by atoms with van der Waals surface area (Å²) in [5.74, 6) is 1.60. The highest BCUT2D eigenvalue weighted by molar-refractivity contribution is 5.79. The lowest BCUT2D eigenvalue weighted by Crippen LogP contribution is -2.51. The first-order chi connectivity index (χ1) is 16.6. The monoisotopic (exact) mass is 469 g/mol. The highest BCUT2D eigenvalue weighted by Gasteiger charge is 2.26. The van der Waals surface area contributed by atoms with Gasteiger partial charge in [-0.25, -0.2) is 0 Å². The number of piperazine rings is 1. The quantitative estimate of drug-likeness (QED) is 0.480. The van der Waals surface area contributed by atoms with E-state index in [1.807, 2.05) is 34.1 Å². The minimum absolute atomic E-state index is 0.168. The van der Waals surface area contributed by atoms with Crippen molar-refractivity contribution in [2.75, 3.05) is 52.9 Å². The predicted octanol–water partition coefficient (Wildman–Crippen LogP) is 4.45. The molecule has 0 atom stereocenters. The molecule has 1 saturated heterocycles. The number of ether oxygens (including phenoxy) is 1. The predicted molar refractivity (Wildman–Crippen MR) is 138 cm³/mol. The minimum Gasteiger partial charge on any atom is -0.496 e. The Hall–Kier alpha value is -2.34. The third-order valence-electron chi connectivity index (χ3n) is 7.18. The Balaban J connectivity index is 1.55. The van der Waals surface area contributed by atoms with Gasteiger partial charge in [0.1, 0.15) is 5.75 Å². The number of carbonyl (C=O) groups excluding carboxylic acids is 2. The molecular formula is C28H43N3O3. The van der Waals surface area contributed by atoms with E-state index in [9.17, 15) is 9.59 Å². The number of hydrogen-bond acceptors (Lipinski definition) is 4. The molecule has 34 heavy (non-hydrogen) atoms. The van der Waals surface area contributed by atoms with Crippen LogP contribution in [0, 0.1) is 5.92 Å². The third-order valence-corrected chi connectivity index (χ3v) is 7.18. The van der Waals surface area contributed by atoms with Crippen molar-refractivity contribution in [3.8, 4) is 5.75 Å². The number of carbonyl (C=O) groups is 2. The third kappa shape index (κ3) is 7.86. The van der Waals surface area contributed by atoms with Gasteiger partial charge in [0.15, 0.2) is 0 Å². The zero-order chi connectivity index (χ0) is 24.2. The fourth-order valence-electron chi connectivity index (χ4n) is 4.98. The first-order valence-corrected chi connectivity index (χ1v) is 13.2. The molecule has 1 heterocycles. The molecule has 2 aliphatic rings. The topological polar surface area (TPSA) is 53.1 Å². The van der Waals surface area contributed by atoms with Crippen LogP contribution in [0.25, 0.3) is 6.08 Å². The van der Waals surface area contributed by atoms with Gasteiger partial charge in [-0.05, 0) is 25.3 Å². The Kier molecular flexibility index (Phi) is 10.9. The molecule has 0 unspecified atom stereocenters. The van der Waals surface area contributed by atoms with Crippen molar-refractivity contribution in [2.24, 2.45) is 5.92 Å². The van der Waals surface area contributed by atoms with Gasteiger partial charge in [-0.15, -0.1) is 0 Å². The molecular weight excluding hydrogens is 426 g/mol. The maximum absolute atomic E-state index is 13.4. The lowest BCUT2D eigenvalue weighted by Gasteiger charge is -2.36. The van der Waals surface area contributed by atoms with Crippen molar-refractivity contribution in [3.63, 3.8) is 0 Å². The summed E-state index contributed by atoms with van der Waals surface area (Å²) in [5.41, 5.74) is 1.03. The van der Waals surface area contributed by atoms with E-state index in [0.29, 0.717) is 18.9 Å². The van der Waals surface area contributed by atoms with E-state index in [4.69, 9.17) is 4.74 Å². The molecule has 1 aliphatic carbocycles. The Labute approximate surface area is 205 Å². The van der Waals surface area contributed by atoms with Gasteiger partial charge < -0.3 is 14.5 Å². The first kappa shape index (κ1) is 26.3. The zero-order valence-corrected chi connectivity index (χ0v) is 21.2. The highest BCUT2D eigenvalue weighted by Crippen LogP contribution is 2.26. The van der Waals surface area contributed by atoms with Crippen LogP contribution >= 0.6 is 0 Å². The van der Waals surface area contributed by atoms with Gasteiger partial charge in [0, 0.05) is 63.7 Å². The highest BCUT2D eigenvalue weighted by atomic mass is 16.5. The molecule has 1 aromatic rings. The Morgan fingerprint density at radius 1 is 1.09 bits per heavy atom. The van der Waals surface area contributed by atoms with Gasteiger partial charge in [-0.1, -0.05) is 63.0 Å². The lowest BCUT2D eigenvalue weighted by atomic mass is 9.88. The van der Waals surface area contributed by atoms with Crippen LogP contribution in [-0.2, 0) is 9.59 Å². The Morgan fingerprint density at radius 2 is 1.82 bits per heavy atom. The molecule has 188 valence electrons. The van der Waals surface area contributed by atoms with Crippen LogP contribution in [0.4, 0.5) is 0 Å². The number of para-hydroxylation sites is 1. The van der Waals surface area contributed by atoms with Gasteiger partial charge in [0.05, 0.1) is 7.11 Å². The number of hydrogen-bond donors (Lipinski definition) is 0. The lowest BCUT2D eigenvalue weighted by molar-refractivity contribution is -0.136. The van der Waals surface area contributed by atoms with Crippen molar-refractivity contribution >= 4 is 17.9 Å². The first-order valence-electron chi connectivity index (χ1n) is 13.2. The maximum atomic E-state index is 13.4.